The summed E-state index contributed by atoms with van der Waals surface area (Å²) in [5, 5.41) is 3.40. The topological polar surface area (TPSA) is 64.6 Å². The molecule has 1 N–H and O–H groups in total. The minimum atomic E-state index is -0.402. The summed E-state index contributed by atoms with van der Waals surface area (Å²) >= 11 is 1.38. The molecule has 2 heterocycles. The van der Waals surface area contributed by atoms with Gasteiger partial charge in [0.1, 0.15) is 5.00 Å². The van der Waals surface area contributed by atoms with Crippen LogP contribution in [0.1, 0.15) is 51.9 Å². The minimum Gasteiger partial charge on any atom is -0.462 e. The van der Waals surface area contributed by atoms with Crippen molar-refractivity contribution < 1.29 is 19.1 Å². The lowest BCUT2D eigenvalue weighted by atomic mass is 9.93. The minimum absolute atomic E-state index is 0.245. The average molecular weight is 359 g/mol. The number of amides is 1. The van der Waals surface area contributed by atoms with E-state index in [9.17, 15) is 9.59 Å². The third-order valence-corrected chi connectivity index (χ3v) is 5.15. The van der Waals surface area contributed by atoms with Crippen molar-refractivity contribution in [1.29, 1.82) is 0 Å². The van der Waals surface area contributed by atoms with E-state index in [4.69, 9.17) is 9.47 Å². The Bertz CT molecular complexity index is 795. The zero-order valence-corrected chi connectivity index (χ0v) is 15.4. The van der Waals surface area contributed by atoms with Crippen molar-refractivity contribution in [1.82, 2.24) is 0 Å². The SMILES string of the molecule is CCOC(=O)c1c(NC(=O)c2ccccc2)sc2c1CC(C)(C)OC2. The van der Waals surface area contributed by atoms with Crippen molar-refractivity contribution in [3.05, 3.63) is 51.9 Å². The molecule has 132 valence electrons. The summed E-state index contributed by atoms with van der Waals surface area (Å²) in [5.74, 6) is -0.647. The van der Waals surface area contributed by atoms with E-state index >= 15 is 0 Å². The van der Waals surface area contributed by atoms with Crippen LogP contribution in [-0.4, -0.2) is 24.1 Å². The fourth-order valence-electron chi connectivity index (χ4n) is 2.83. The molecule has 3 rings (SSSR count). The van der Waals surface area contributed by atoms with E-state index in [1.54, 1.807) is 31.2 Å². The van der Waals surface area contributed by atoms with Gasteiger partial charge in [-0.05, 0) is 38.5 Å². The zero-order chi connectivity index (χ0) is 18.0. The van der Waals surface area contributed by atoms with Crippen LogP contribution in [-0.2, 0) is 22.5 Å². The summed E-state index contributed by atoms with van der Waals surface area (Å²) in [5.41, 5.74) is 1.57. The maximum Gasteiger partial charge on any atom is 0.341 e. The van der Waals surface area contributed by atoms with Gasteiger partial charge in [-0.3, -0.25) is 4.79 Å². The summed E-state index contributed by atoms with van der Waals surface area (Å²) in [6, 6.07) is 8.93. The Hall–Kier alpha value is -2.18. The third-order valence-electron chi connectivity index (χ3n) is 4.03. The lowest BCUT2D eigenvalue weighted by Crippen LogP contribution is -2.32. The Morgan fingerprint density at radius 3 is 2.68 bits per heavy atom. The molecule has 5 nitrogen and oxygen atoms in total. The Labute approximate surface area is 151 Å². The molecular weight excluding hydrogens is 338 g/mol. The van der Waals surface area contributed by atoms with Crippen molar-refractivity contribution >= 4 is 28.2 Å². The molecule has 1 amide bonds. The Morgan fingerprint density at radius 1 is 1.28 bits per heavy atom. The number of anilines is 1. The molecule has 1 aromatic carbocycles. The zero-order valence-electron chi connectivity index (χ0n) is 14.5. The van der Waals surface area contributed by atoms with E-state index in [0.717, 1.165) is 10.4 Å². The molecule has 1 aliphatic heterocycles. The number of nitrogens with one attached hydrogen (secondary N) is 1. The highest BCUT2D eigenvalue weighted by Gasteiger charge is 2.34. The normalized spacial score (nSPS) is 15.3. The van der Waals surface area contributed by atoms with Crippen molar-refractivity contribution in [3.8, 4) is 0 Å². The molecule has 0 saturated heterocycles. The van der Waals surface area contributed by atoms with Gasteiger partial charge in [-0.2, -0.15) is 0 Å². The van der Waals surface area contributed by atoms with Crippen LogP contribution in [0.4, 0.5) is 5.00 Å². The number of rotatable bonds is 4. The van der Waals surface area contributed by atoms with Crippen molar-refractivity contribution in [2.75, 3.05) is 11.9 Å². The van der Waals surface area contributed by atoms with Crippen LogP contribution in [0.5, 0.6) is 0 Å². The van der Waals surface area contributed by atoms with Crippen LogP contribution in [0, 0.1) is 0 Å². The number of esters is 1. The molecule has 0 aliphatic carbocycles. The van der Waals surface area contributed by atoms with Gasteiger partial charge >= 0.3 is 5.97 Å². The van der Waals surface area contributed by atoms with E-state index in [0.29, 0.717) is 29.2 Å². The lowest BCUT2D eigenvalue weighted by molar-refractivity contribution is -0.0384. The summed E-state index contributed by atoms with van der Waals surface area (Å²) in [4.78, 5) is 26.0. The maximum atomic E-state index is 12.5. The number of benzene rings is 1. The highest BCUT2D eigenvalue weighted by Crippen LogP contribution is 2.41. The van der Waals surface area contributed by atoms with Crippen LogP contribution in [0.3, 0.4) is 0 Å². The monoisotopic (exact) mass is 359 g/mol. The summed E-state index contributed by atoms with van der Waals surface area (Å²) in [7, 11) is 0. The second-order valence-corrected chi connectivity index (χ2v) is 7.58. The van der Waals surface area contributed by atoms with Crippen molar-refractivity contribution in [2.24, 2.45) is 0 Å². The predicted octanol–water partition coefficient (Wildman–Crippen LogP) is 4.03. The van der Waals surface area contributed by atoms with E-state index in [1.165, 1.54) is 11.3 Å². The molecule has 25 heavy (non-hydrogen) atoms. The molecule has 1 aromatic heterocycles. The number of hydrogen-bond acceptors (Lipinski definition) is 5. The second-order valence-electron chi connectivity index (χ2n) is 6.47. The molecule has 2 aromatic rings. The molecule has 0 radical (unpaired) electrons. The van der Waals surface area contributed by atoms with E-state index in [2.05, 4.69) is 5.32 Å². The Morgan fingerprint density at radius 2 is 2.00 bits per heavy atom. The number of carbonyl (C=O) groups is 2. The second kappa shape index (κ2) is 6.98. The first-order valence-corrected chi connectivity index (χ1v) is 9.05. The first kappa shape index (κ1) is 17.6. The van der Waals surface area contributed by atoms with Crippen LogP contribution in [0.15, 0.2) is 30.3 Å². The van der Waals surface area contributed by atoms with Gasteiger partial charge in [0.2, 0.25) is 0 Å². The van der Waals surface area contributed by atoms with Crippen LogP contribution >= 0.6 is 11.3 Å². The number of hydrogen-bond donors (Lipinski definition) is 1. The molecule has 0 spiro atoms. The first-order valence-electron chi connectivity index (χ1n) is 8.23. The Balaban J connectivity index is 1.97. The number of thiophene rings is 1. The fraction of sp³-hybridized carbons (Fsp3) is 0.368. The van der Waals surface area contributed by atoms with Crippen molar-refractivity contribution in [3.63, 3.8) is 0 Å². The number of ether oxygens (including phenoxy) is 2. The van der Waals surface area contributed by atoms with Gasteiger partial charge in [-0.1, -0.05) is 18.2 Å². The quantitative estimate of drug-likeness (QED) is 0.837. The smallest absolute Gasteiger partial charge is 0.341 e. The van der Waals surface area contributed by atoms with Crippen LogP contribution in [0.25, 0.3) is 0 Å². The summed E-state index contributed by atoms with van der Waals surface area (Å²) in [6.07, 6.45) is 0.605. The van der Waals surface area contributed by atoms with Gasteiger partial charge in [0.05, 0.1) is 24.4 Å². The predicted molar refractivity (Wildman–Crippen MR) is 97.2 cm³/mol. The largest absolute Gasteiger partial charge is 0.462 e. The number of carbonyl (C=O) groups excluding carboxylic acids is 2. The molecule has 1 aliphatic rings. The van der Waals surface area contributed by atoms with Crippen molar-refractivity contribution in [2.45, 2.75) is 39.4 Å². The van der Waals surface area contributed by atoms with Gasteiger partial charge in [0.15, 0.2) is 0 Å². The third kappa shape index (κ3) is 3.75. The lowest BCUT2D eigenvalue weighted by Gasteiger charge is -2.30. The fourth-order valence-corrected chi connectivity index (χ4v) is 3.94. The highest BCUT2D eigenvalue weighted by molar-refractivity contribution is 7.17. The Kier molecular flexibility index (Phi) is 4.92. The standard InChI is InChI=1S/C19H21NO4S/c1-4-23-18(22)15-13-10-19(2,3)24-11-14(13)25-17(15)20-16(21)12-8-6-5-7-9-12/h5-9H,4,10-11H2,1-3H3,(H,20,21). The van der Waals surface area contributed by atoms with Gasteiger partial charge < -0.3 is 14.8 Å². The molecule has 0 bridgehead atoms. The molecule has 0 atom stereocenters. The van der Waals surface area contributed by atoms with E-state index < -0.39 is 5.97 Å². The van der Waals surface area contributed by atoms with Gasteiger partial charge in [-0.15, -0.1) is 11.3 Å². The first-order chi connectivity index (χ1) is 11.9. The number of fused-ring (bicyclic) bond motifs is 1. The molecule has 0 fully saturated rings. The van der Waals surface area contributed by atoms with Crippen LogP contribution in [0.2, 0.25) is 0 Å². The van der Waals surface area contributed by atoms with E-state index in [-0.39, 0.29) is 18.1 Å². The van der Waals surface area contributed by atoms with Gasteiger partial charge in [0.25, 0.3) is 5.91 Å². The summed E-state index contributed by atoms with van der Waals surface area (Å²) < 4.78 is 11.1. The van der Waals surface area contributed by atoms with E-state index in [1.807, 2.05) is 19.9 Å². The highest BCUT2D eigenvalue weighted by atomic mass is 32.1. The average Bonchev–Trinajstić information content (AvgIpc) is 2.91. The molecule has 6 heteroatoms. The molecule has 0 saturated carbocycles. The molecule has 0 unspecified atom stereocenters. The summed E-state index contributed by atoms with van der Waals surface area (Å²) in [6.45, 7) is 6.47. The maximum absolute atomic E-state index is 12.5. The van der Waals surface area contributed by atoms with Gasteiger partial charge in [-0.25, -0.2) is 4.79 Å². The molecular formula is C19H21NO4S. The van der Waals surface area contributed by atoms with Gasteiger partial charge in [0, 0.05) is 16.9 Å². The van der Waals surface area contributed by atoms with Crippen LogP contribution < -0.4 is 5.32 Å².